The van der Waals surface area contributed by atoms with Gasteiger partial charge >= 0.3 is 0 Å². The first-order valence-electron chi connectivity index (χ1n) is 9.04. The molecule has 0 bridgehead atoms. The van der Waals surface area contributed by atoms with Crippen LogP contribution in [0.25, 0.3) is 0 Å². The molecular formula is C20H29N5O. The minimum Gasteiger partial charge on any atom is -0.497 e. The lowest BCUT2D eigenvalue weighted by molar-refractivity contribution is 0.414. The van der Waals surface area contributed by atoms with Gasteiger partial charge in [-0.3, -0.25) is 4.99 Å². The summed E-state index contributed by atoms with van der Waals surface area (Å²) in [5.41, 5.74) is 1.27. The van der Waals surface area contributed by atoms with Crippen LogP contribution >= 0.6 is 0 Å². The number of anilines is 1. The maximum absolute atomic E-state index is 5.17. The molecule has 2 rings (SSSR count). The fraction of sp³-hybridized carbons (Fsp3) is 0.400. The van der Waals surface area contributed by atoms with Crippen molar-refractivity contribution in [1.82, 2.24) is 15.6 Å². The van der Waals surface area contributed by atoms with Gasteiger partial charge in [-0.15, -0.1) is 0 Å². The lowest BCUT2D eigenvalue weighted by Gasteiger charge is -2.12. The summed E-state index contributed by atoms with van der Waals surface area (Å²) in [6.45, 7) is 2.65. The van der Waals surface area contributed by atoms with Crippen LogP contribution in [0.3, 0.4) is 0 Å². The van der Waals surface area contributed by atoms with Gasteiger partial charge < -0.3 is 20.7 Å². The van der Waals surface area contributed by atoms with Gasteiger partial charge in [0.2, 0.25) is 0 Å². The SMILES string of the molecule is CN=C(NCCCCNc1ccccn1)NCCc1ccc(OC)cc1. The highest BCUT2D eigenvalue weighted by Crippen LogP contribution is 2.11. The third-order valence-corrected chi connectivity index (χ3v) is 3.96. The number of hydrogen-bond donors (Lipinski definition) is 3. The van der Waals surface area contributed by atoms with Crippen molar-refractivity contribution < 1.29 is 4.74 Å². The molecule has 26 heavy (non-hydrogen) atoms. The summed E-state index contributed by atoms with van der Waals surface area (Å²) in [4.78, 5) is 8.50. The Balaban J connectivity index is 1.54. The topological polar surface area (TPSA) is 70.6 Å². The van der Waals surface area contributed by atoms with Gasteiger partial charge in [-0.1, -0.05) is 18.2 Å². The molecule has 0 aliphatic carbocycles. The molecule has 2 aromatic rings. The predicted molar refractivity (Wildman–Crippen MR) is 108 cm³/mol. The summed E-state index contributed by atoms with van der Waals surface area (Å²) >= 11 is 0. The normalized spacial score (nSPS) is 11.1. The number of guanidine groups is 1. The molecule has 6 nitrogen and oxygen atoms in total. The summed E-state index contributed by atoms with van der Waals surface area (Å²) in [5.74, 6) is 2.66. The molecule has 0 spiro atoms. The minimum atomic E-state index is 0.841. The molecule has 0 saturated carbocycles. The first kappa shape index (κ1) is 19.6. The van der Waals surface area contributed by atoms with Crippen LogP contribution in [0, 0.1) is 0 Å². The van der Waals surface area contributed by atoms with Crippen LogP contribution < -0.4 is 20.7 Å². The summed E-state index contributed by atoms with van der Waals surface area (Å²) in [7, 11) is 3.48. The Morgan fingerprint density at radius 1 is 1.00 bits per heavy atom. The number of ether oxygens (including phenoxy) is 1. The van der Waals surface area contributed by atoms with Gasteiger partial charge in [-0.05, 0) is 49.1 Å². The Kier molecular flexibility index (Phi) is 8.83. The van der Waals surface area contributed by atoms with E-state index in [1.54, 1.807) is 20.4 Å². The minimum absolute atomic E-state index is 0.841. The van der Waals surface area contributed by atoms with Gasteiger partial charge in [0.15, 0.2) is 5.96 Å². The molecule has 0 atom stereocenters. The number of aromatic nitrogens is 1. The number of nitrogens with one attached hydrogen (secondary N) is 3. The van der Waals surface area contributed by atoms with Gasteiger partial charge in [0.1, 0.15) is 11.6 Å². The highest BCUT2D eigenvalue weighted by Gasteiger charge is 1.99. The van der Waals surface area contributed by atoms with Crippen LogP contribution in [0.15, 0.2) is 53.7 Å². The second-order valence-electron chi connectivity index (χ2n) is 5.87. The standard InChI is InChI=1S/C20H29N5O/c1-21-20(25-16-12-17-8-10-18(26-2)11-9-17)24-15-6-5-14-23-19-7-3-4-13-22-19/h3-4,7-11,13H,5-6,12,14-16H2,1-2H3,(H,22,23)(H2,21,24,25). The molecule has 0 amide bonds. The molecule has 1 aromatic heterocycles. The highest BCUT2D eigenvalue weighted by atomic mass is 16.5. The Bertz CT molecular complexity index is 643. The lowest BCUT2D eigenvalue weighted by Crippen LogP contribution is -2.38. The van der Waals surface area contributed by atoms with E-state index in [-0.39, 0.29) is 0 Å². The van der Waals surface area contributed by atoms with Crippen molar-refractivity contribution in [3.8, 4) is 5.75 Å². The van der Waals surface area contributed by atoms with E-state index < -0.39 is 0 Å². The zero-order valence-electron chi connectivity index (χ0n) is 15.7. The molecule has 0 aliphatic heterocycles. The molecule has 0 fully saturated rings. The van der Waals surface area contributed by atoms with E-state index in [1.807, 2.05) is 30.3 Å². The summed E-state index contributed by atoms with van der Waals surface area (Å²) in [6, 6.07) is 14.0. The molecule has 0 radical (unpaired) electrons. The van der Waals surface area contributed by atoms with Crippen molar-refractivity contribution in [2.45, 2.75) is 19.3 Å². The molecule has 6 heteroatoms. The average molecular weight is 355 g/mol. The lowest BCUT2D eigenvalue weighted by atomic mass is 10.1. The van der Waals surface area contributed by atoms with Crippen molar-refractivity contribution >= 4 is 11.8 Å². The molecule has 1 heterocycles. The zero-order valence-corrected chi connectivity index (χ0v) is 15.7. The summed E-state index contributed by atoms with van der Waals surface area (Å²) in [5, 5.41) is 10.0. The maximum atomic E-state index is 5.17. The van der Waals surface area contributed by atoms with E-state index >= 15 is 0 Å². The van der Waals surface area contributed by atoms with Crippen molar-refractivity contribution in [2.24, 2.45) is 4.99 Å². The van der Waals surface area contributed by atoms with E-state index in [9.17, 15) is 0 Å². The van der Waals surface area contributed by atoms with Crippen LogP contribution in [-0.4, -0.2) is 44.7 Å². The van der Waals surface area contributed by atoms with Crippen molar-refractivity contribution in [3.05, 3.63) is 54.2 Å². The third-order valence-electron chi connectivity index (χ3n) is 3.96. The van der Waals surface area contributed by atoms with Gasteiger partial charge in [-0.25, -0.2) is 4.98 Å². The number of nitrogens with zero attached hydrogens (tertiary/aromatic N) is 2. The number of benzene rings is 1. The van der Waals surface area contributed by atoms with Crippen molar-refractivity contribution in [3.63, 3.8) is 0 Å². The van der Waals surface area contributed by atoms with Gasteiger partial charge in [0.25, 0.3) is 0 Å². The number of unbranched alkanes of at least 4 members (excludes halogenated alkanes) is 1. The number of methoxy groups -OCH3 is 1. The molecular weight excluding hydrogens is 326 g/mol. The Morgan fingerprint density at radius 2 is 1.77 bits per heavy atom. The Labute approximate surface area is 156 Å². The number of aliphatic imine (C=N–C) groups is 1. The molecule has 0 unspecified atom stereocenters. The Hall–Kier alpha value is -2.76. The maximum Gasteiger partial charge on any atom is 0.190 e. The fourth-order valence-electron chi connectivity index (χ4n) is 2.48. The first-order valence-corrected chi connectivity index (χ1v) is 9.04. The van der Waals surface area contributed by atoms with Crippen LogP contribution in [-0.2, 0) is 6.42 Å². The number of pyridine rings is 1. The fourth-order valence-corrected chi connectivity index (χ4v) is 2.48. The summed E-state index contributed by atoms with van der Waals surface area (Å²) < 4.78 is 5.17. The average Bonchev–Trinajstić information content (AvgIpc) is 2.70. The van der Waals surface area contributed by atoms with E-state index in [1.165, 1.54) is 5.56 Å². The quantitative estimate of drug-likeness (QED) is 0.347. The van der Waals surface area contributed by atoms with E-state index in [0.717, 1.165) is 56.4 Å². The van der Waals surface area contributed by atoms with Gasteiger partial charge in [-0.2, -0.15) is 0 Å². The molecule has 0 saturated heterocycles. The third kappa shape index (κ3) is 7.42. The van der Waals surface area contributed by atoms with Crippen molar-refractivity contribution in [2.75, 3.05) is 39.1 Å². The van der Waals surface area contributed by atoms with Crippen molar-refractivity contribution in [1.29, 1.82) is 0 Å². The zero-order chi connectivity index (χ0) is 18.5. The van der Waals surface area contributed by atoms with Crippen LogP contribution in [0.4, 0.5) is 5.82 Å². The molecule has 3 N–H and O–H groups in total. The van der Waals surface area contributed by atoms with E-state index in [0.29, 0.717) is 0 Å². The predicted octanol–water partition coefficient (Wildman–Crippen LogP) is 2.69. The van der Waals surface area contributed by atoms with Gasteiger partial charge in [0.05, 0.1) is 7.11 Å². The van der Waals surface area contributed by atoms with Crippen LogP contribution in [0.5, 0.6) is 5.75 Å². The van der Waals surface area contributed by atoms with Gasteiger partial charge in [0, 0.05) is 32.9 Å². The van der Waals surface area contributed by atoms with Crippen LogP contribution in [0.1, 0.15) is 18.4 Å². The molecule has 1 aromatic carbocycles. The van der Waals surface area contributed by atoms with E-state index in [4.69, 9.17) is 4.74 Å². The molecule has 0 aliphatic rings. The summed E-state index contributed by atoms with van der Waals surface area (Å²) in [6.07, 6.45) is 4.88. The van der Waals surface area contributed by atoms with E-state index in [2.05, 4.69) is 38.1 Å². The smallest absolute Gasteiger partial charge is 0.190 e. The van der Waals surface area contributed by atoms with Crippen LogP contribution in [0.2, 0.25) is 0 Å². The molecule has 140 valence electrons. The highest BCUT2D eigenvalue weighted by molar-refractivity contribution is 5.79. The second kappa shape index (κ2) is 11.7. The monoisotopic (exact) mass is 355 g/mol. The first-order chi connectivity index (χ1) is 12.8. The Morgan fingerprint density at radius 3 is 2.46 bits per heavy atom. The second-order valence-corrected chi connectivity index (χ2v) is 5.87. The largest absolute Gasteiger partial charge is 0.497 e. The number of rotatable bonds is 10. The number of hydrogen-bond acceptors (Lipinski definition) is 4.